The fourth-order valence-corrected chi connectivity index (χ4v) is 4.02. The number of nitrogens with zero attached hydrogens (tertiary/aromatic N) is 2. The van der Waals surface area contributed by atoms with Crippen LogP contribution in [0.2, 0.25) is 0 Å². The Kier molecular flexibility index (Phi) is 6.37. The van der Waals surface area contributed by atoms with Gasteiger partial charge in [0.2, 0.25) is 0 Å². The Hall–Kier alpha value is -3.45. The van der Waals surface area contributed by atoms with Crippen molar-refractivity contribution in [2.75, 3.05) is 6.61 Å². The third-order valence-corrected chi connectivity index (χ3v) is 5.77. The van der Waals surface area contributed by atoms with Gasteiger partial charge in [-0.2, -0.15) is 0 Å². The summed E-state index contributed by atoms with van der Waals surface area (Å²) in [6.07, 6.45) is 3.31. The molecule has 162 valence electrons. The standard InChI is InChI=1S/C25H21BrN2O4/c1-2-32-20-11-7-18(8-12-20)23(29)21-22(17-5-9-19(26)10-6-17)28(25(31)24(21)30)15-16-4-3-13-27-14-16/h3-14,22,29H,2,15H2,1H3/b23-21+/t22-/m1/s1. The molecular formula is C25H21BrN2O4. The molecule has 0 aliphatic carbocycles. The number of ether oxygens (including phenoxy) is 1. The molecule has 32 heavy (non-hydrogen) atoms. The molecule has 6 nitrogen and oxygen atoms in total. The Morgan fingerprint density at radius 2 is 1.81 bits per heavy atom. The molecule has 1 aliphatic heterocycles. The number of pyridine rings is 1. The summed E-state index contributed by atoms with van der Waals surface area (Å²) in [4.78, 5) is 31.7. The molecule has 1 aliphatic rings. The van der Waals surface area contributed by atoms with E-state index in [9.17, 15) is 14.7 Å². The average molecular weight is 493 g/mol. The molecule has 1 N–H and O–H groups in total. The smallest absolute Gasteiger partial charge is 0.295 e. The van der Waals surface area contributed by atoms with Crippen LogP contribution in [0.1, 0.15) is 29.7 Å². The highest BCUT2D eigenvalue weighted by Crippen LogP contribution is 2.40. The predicted octanol–water partition coefficient (Wildman–Crippen LogP) is 4.86. The van der Waals surface area contributed by atoms with Gasteiger partial charge in [0.1, 0.15) is 11.5 Å². The van der Waals surface area contributed by atoms with Crippen LogP contribution in [0.3, 0.4) is 0 Å². The van der Waals surface area contributed by atoms with Crippen LogP contribution in [0.25, 0.3) is 5.76 Å². The summed E-state index contributed by atoms with van der Waals surface area (Å²) in [5.74, 6) is -0.930. The Bertz CT molecular complexity index is 1160. The van der Waals surface area contributed by atoms with E-state index in [-0.39, 0.29) is 17.9 Å². The average Bonchev–Trinajstić information content (AvgIpc) is 3.05. The molecule has 0 unspecified atom stereocenters. The Morgan fingerprint density at radius 1 is 1.09 bits per heavy atom. The zero-order valence-corrected chi connectivity index (χ0v) is 19.0. The van der Waals surface area contributed by atoms with Crippen molar-refractivity contribution in [2.24, 2.45) is 0 Å². The molecule has 1 aromatic heterocycles. The molecule has 2 aromatic carbocycles. The number of rotatable bonds is 6. The maximum Gasteiger partial charge on any atom is 0.295 e. The van der Waals surface area contributed by atoms with Crippen LogP contribution in [0.5, 0.6) is 5.75 Å². The normalized spacial score (nSPS) is 17.6. The second-order valence-electron chi connectivity index (χ2n) is 7.30. The molecule has 0 bridgehead atoms. The molecule has 1 amide bonds. The quantitative estimate of drug-likeness (QED) is 0.301. The largest absolute Gasteiger partial charge is 0.507 e. The molecule has 4 rings (SSSR count). The number of aromatic nitrogens is 1. The zero-order valence-electron chi connectivity index (χ0n) is 17.4. The van der Waals surface area contributed by atoms with E-state index in [4.69, 9.17) is 4.74 Å². The number of aliphatic hydroxyl groups is 1. The topological polar surface area (TPSA) is 79.7 Å². The summed E-state index contributed by atoms with van der Waals surface area (Å²) in [5.41, 5.74) is 2.02. The van der Waals surface area contributed by atoms with Gasteiger partial charge in [0, 0.05) is 29.0 Å². The number of carbonyl (C=O) groups is 2. The van der Waals surface area contributed by atoms with Gasteiger partial charge in [0.15, 0.2) is 0 Å². The maximum absolute atomic E-state index is 13.1. The van der Waals surface area contributed by atoms with E-state index in [0.29, 0.717) is 17.9 Å². The van der Waals surface area contributed by atoms with E-state index in [1.165, 1.54) is 4.90 Å². The fourth-order valence-electron chi connectivity index (χ4n) is 3.75. The van der Waals surface area contributed by atoms with E-state index in [1.807, 2.05) is 37.3 Å². The van der Waals surface area contributed by atoms with Gasteiger partial charge in [-0.3, -0.25) is 14.6 Å². The second-order valence-corrected chi connectivity index (χ2v) is 8.21. The highest BCUT2D eigenvalue weighted by Gasteiger charge is 2.46. The molecule has 1 saturated heterocycles. The number of aliphatic hydroxyl groups excluding tert-OH is 1. The number of halogens is 1. The molecule has 0 spiro atoms. The Balaban J connectivity index is 1.81. The van der Waals surface area contributed by atoms with Gasteiger partial charge >= 0.3 is 0 Å². The Labute approximate surface area is 194 Å². The highest BCUT2D eigenvalue weighted by atomic mass is 79.9. The van der Waals surface area contributed by atoms with Crippen LogP contribution in [-0.2, 0) is 16.1 Å². The van der Waals surface area contributed by atoms with Crippen molar-refractivity contribution in [3.8, 4) is 5.75 Å². The van der Waals surface area contributed by atoms with E-state index in [1.54, 1.807) is 42.7 Å². The van der Waals surface area contributed by atoms with Crippen molar-refractivity contribution in [1.82, 2.24) is 9.88 Å². The predicted molar refractivity (Wildman–Crippen MR) is 124 cm³/mol. The van der Waals surface area contributed by atoms with E-state index in [2.05, 4.69) is 20.9 Å². The van der Waals surface area contributed by atoms with Crippen molar-refractivity contribution in [3.05, 3.63) is 99.8 Å². The molecule has 3 aromatic rings. The van der Waals surface area contributed by atoms with Crippen molar-refractivity contribution >= 4 is 33.4 Å². The molecule has 1 atom stereocenters. The first-order valence-corrected chi connectivity index (χ1v) is 10.9. The second kappa shape index (κ2) is 9.36. The maximum atomic E-state index is 13.1. The number of benzene rings is 2. The molecule has 0 saturated carbocycles. The van der Waals surface area contributed by atoms with Crippen LogP contribution in [-0.4, -0.2) is 33.3 Å². The lowest BCUT2D eigenvalue weighted by Gasteiger charge is -2.25. The van der Waals surface area contributed by atoms with Crippen molar-refractivity contribution in [1.29, 1.82) is 0 Å². The number of likely N-dealkylation sites (tertiary alicyclic amines) is 1. The van der Waals surface area contributed by atoms with E-state index >= 15 is 0 Å². The minimum atomic E-state index is -0.727. The summed E-state index contributed by atoms with van der Waals surface area (Å²) in [6.45, 7) is 2.60. The van der Waals surface area contributed by atoms with Crippen LogP contribution in [0, 0.1) is 0 Å². The van der Waals surface area contributed by atoms with Gasteiger partial charge < -0.3 is 14.7 Å². The van der Waals surface area contributed by atoms with E-state index < -0.39 is 17.7 Å². The van der Waals surface area contributed by atoms with Gasteiger partial charge in [-0.05, 0) is 60.5 Å². The highest BCUT2D eigenvalue weighted by molar-refractivity contribution is 9.10. The summed E-state index contributed by atoms with van der Waals surface area (Å²) >= 11 is 3.42. The molecule has 7 heteroatoms. The summed E-state index contributed by atoms with van der Waals surface area (Å²) in [7, 11) is 0. The Morgan fingerprint density at radius 3 is 2.44 bits per heavy atom. The van der Waals surface area contributed by atoms with Crippen LogP contribution < -0.4 is 4.74 Å². The number of amides is 1. The number of hydrogen-bond donors (Lipinski definition) is 1. The number of ketones is 1. The van der Waals surface area contributed by atoms with Crippen molar-refractivity contribution < 1.29 is 19.4 Å². The number of Topliss-reactive ketones (excluding diaryl/α,β-unsaturated/α-hetero) is 1. The first-order chi connectivity index (χ1) is 15.5. The van der Waals surface area contributed by atoms with Crippen molar-refractivity contribution in [2.45, 2.75) is 19.5 Å². The lowest BCUT2D eigenvalue weighted by molar-refractivity contribution is -0.140. The van der Waals surface area contributed by atoms with Gasteiger partial charge in [0.25, 0.3) is 11.7 Å². The van der Waals surface area contributed by atoms with Gasteiger partial charge in [-0.1, -0.05) is 34.1 Å². The summed E-state index contributed by atoms with van der Waals surface area (Å²) in [5, 5.41) is 11.1. The third kappa shape index (κ3) is 4.29. The van der Waals surface area contributed by atoms with E-state index in [0.717, 1.165) is 15.6 Å². The number of carbonyl (C=O) groups excluding carboxylic acids is 2. The van der Waals surface area contributed by atoms with Crippen LogP contribution in [0.4, 0.5) is 0 Å². The lowest BCUT2D eigenvalue weighted by atomic mass is 9.95. The minimum absolute atomic E-state index is 0.0605. The molecule has 1 fully saturated rings. The fraction of sp³-hybridized carbons (Fsp3) is 0.160. The first kappa shape index (κ1) is 21.8. The summed E-state index contributed by atoms with van der Waals surface area (Å²) in [6, 6.07) is 17.0. The van der Waals surface area contributed by atoms with Crippen molar-refractivity contribution in [3.63, 3.8) is 0 Å². The van der Waals surface area contributed by atoms with Gasteiger partial charge in [-0.15, -0.1) is 0 Å². The summed E-state index contributed by atoms with van der Waals surface area (Å²) < 4.78 is 6.32. The zero-order chi connectivity index (χ0) is 22.7. The first-order valence-electron chi connectivity index (χ1n) is 10.2. The van der Waals surface area contributed by atoms with Gasteiger partial charge in [0.05, 0.1) is 18.2 Å². The lowest BCUT2D eigenvalue weighted by Crippen LogP contribution is -2.29. The molecule has 2 heterocycles. The third-order valence-electron chi connectivity index (χ3n) is 5.24. The number of hydrogen-bond acceptors (Lipinski definition) is 5. The SMILES string of the molecule is CCOc1ccc(/C(O)=C2\C(=O)C(=O)N(Cc3cccnc3)[C@@H]2c2ccc(Br)cc2)cc1. The monoisotopic (exact) mass is 492 g/mol. The van der Waals surface area contributed by atoms with Crippen LogP contribution in [0.15, 0.2) is 83.1 Å². The van der Waals surface area contributed by atoms with Gasteiger partial charge in [-0.25, -0.2) is 0 Å². The van der Waals surface area contributed by atoms with Crippen LogP contribution >= 0.6 is 15.9 Å². The minimum Gasteiger partial charge on any atom is -0.507 e. The molecular weight excluding hydrogens is 472 g/mol. The molecule has 0 radical (unpaired) electrons.